The van der Waals surface area contributed by atoms with Gasteiger partial charge in [0, 0.05) is 19.4 Å². The lowest BCUT2D eigenvalue weighted by Crippen LogP contribution is -2.61. The van der Waals surface area contributed by atoms with Crippen molar-refractivity contribution in [1.29, 1.82) is 0 Å². The van der Waals surface area contributed by atoms with Crippen molar-refractivity contribution in [3.8, 4) is 0 Å². The fraction of sp³-hybridized carbons (Fsp3) is 0.719. The van der Waals surface area contributed by atoms with Gasteiger partial charge in [-0.05, 0) is 87.9 Å². The Morgan fingerprint density at radius 1 is 0.391 bits per heavy atom. The van der Waals surface area contributed by atoms with Gasteiger partial charge in [0.05, 0.1) is 26.2 Å². The molecule has 0 heterocycles. The zero-order valence-electron chi connectivity index (χ0n) is 54.6. The topological polar surface area (TPSA) is 583 Å². The number of nitrogens with zero attached hydrogens (tertiary/aromatic N) is 1. The number of carbonyl (C=O) groups excluding carboxylic acids is 14. The number of carboxylic acid groups (broad SMARTS) is 1. The number of rotatable bonds is 45. The first-order valence-corrected chi connectivity index (χ1v) is 30.5. The number of amides is 14. The summed E-state index contributed by atoms with van der Waals surface area (Å²) in [6.45, 7) is 15.4. The Labute approximate surface area is 535 Å². The summed E-state index contributed by atoms with van der Waals surface area (Å²) in [6, 6.07) is -14.0. The molecule has 0 bridgehead atoms. The lowest BCUT2D eigenvalue weighted by molar-refractivity contribution is -0.141. The van der Waals surface area contributed by atoms with E-state index in [0.717, 1.165) is 0 Å². The first-order chi connectivity index (χ1) is 42.8. The van der Waals surface area contributed by atoms with Crippen molar-refractivity contribution in [2.75, 3.05) is 32.8 Å². The highest BCUT2D eigenvalue weighted by Crippen LogP contribution is 2.14. The lowest BCUT2D eigenvalue weighted by Gasteiger charge is -2.29. The fourth-order valence-electron chi connectivity index (χ4n) is 8.73. The molecule has 0 fully saturated rings. The summed E-state index contributed by atoms with van der Waals surface area (Å²) in [4.78, 5) is 201. The lowest BCUT2D eigenvalue weighted by atomic mass is 9.98. The number of aliphatic hydroxyl groups is 1. The van der Waals surface area contributed by atoms with Crippen molar-refractivity contribution in [2.24, 2.45) is 63.3 Å². The maximum atomic E-state index is 14.4. The SMILES string of the molecule is CC(C)C[C@H](NC(=O)[C@H](CC(C)C)NC(=O)[C@H](CC(C)C)NC(=O)[C@H](CCCN=C(N)N)NC(=O)[C@@H](NC(=O)[C@H](CCC(N)=O)NC(=O)CNC(=O)[C@H](CO)NC(=O)[C@H](CC(C)C)NC(=O)[C@H](CCC(N)=O)NC(=O)CN)C(C)C)C(=O)NCC(=O)N[C@@H](C)C(=O)O. The molecule has 0 radical (unpaired) electrons. The fourth-order valence-corrected chi connectivity index (χ4v) is 8.73. The van der Waals surface area contributed by atoms with Crippen LogP contribution in [-0.4, -0.2) is 198 Å². The predicted octanol–water partition coefficient (Wildman–Crippen LogP) is -6.45. The van der Waals surface area contributed by atoms with Crippen LogP contribution in [0.15, 0.2) is 4.99 Å². The van der Waals surface area contributed by atoms with E-state index in [1.165, 1.54) is 6.92 Å². The van der Waals surface area contributed by atoms with Gasteiger partial charge in [-0.25, -0.2) is 0 Å². The monoisotopic (exact) mass is 1310 g/mol. The highest BCUT2D eigenvalue weighted by molar-refractivity contribution is 5.99. The van der Waals surface area contributed by atoms with Gasteiger partial charge in [-0.15, -0.1) is 0 Å². The average molecular weight is 1310 g/mol. The van der Waals surface area contributed by atoms with Crippen molar-refractivity contribution in [3.05, 3.63) is 0 Å². The number of carboxylic acids is 1. The predicted molar refractivity (Wildman–Crippen MR) is 334 cm³/mol. The number of hydrogen-bond acceptors (Lipinski definition) is 18. The van der Waals surface area contributed by atoms with E-state index >= 15 is 0 Å². The Kier molecular flexibility index (Phi) is 39.0. The van der Waals surface area contributed by atoms with Crippen LogP contribution in [0.4, 0.5) is 0 Å². The molecule has 0 saturated carbocycles. The molecular formula is C57H102N18O17. The van der Waals surface area contributed by atoms with Crippen LogP contribution < -0.4 is 92.5 Å². The molecule has 522 valence electrons. The number of primary amides is 2. The van der Waals surface area contributed by atoms with E-state index in [9.17, 15) is 77.0 Å². The minimum absolute atomic E-state index is 0.0115. The summed E-state index contributed by atoms with van der Waals surface area (Å²) in [5.41, 5.74) is 27.0. The number of aliphatic carboxylic acids is 1. The van der Waals surface area contributed by atoms with E-state index in [4.69, 9.17) is 33.8 Å². The molecule has 92 heavy (non-hydrogen) atoms. The van der Waals surface area contributed by atoms with Crippen LogP contribution >= 0.6 is 0 Å². The standard InChI is InChI=1S/C57H102N18O17/c1-27(2)19-36(47(82)64-24-44(80)66-32(11)56(91)92)70-52(87)38(21-29(5)6)73-53(88)37(20-28(3)4)71-49(84)33(13-12-18-63-57(61)62)69-55(90)46(31(9)10)75-51(86)35(15-17-42(60)78)68-45(81)25-65-48(83)40(26-76)74-54(89)39(22-30(7)8)72-50(85)34(14-16-41(59)77)67-43(79)23-58/h27-40,46,76H,12-26,58H2,1-11H3,(H2,59,77)(H2,60,78)(H,64,82)(H,65,83)(H,66,80)(H,67,79)(H,68,81)(H,69,90)(H,70,87)(H,71,84)(H,72,85)(H,73,88)(H,74,89)(H,75,86)(H,91,92)(H4,61,62,63)/t32-,33-,34-,35-,36-,37-,38-,39-,40-,46-/m0/s1. The van der Waals surface area contributed by atoms with Crippen molar-refractivity contribution >= 4 is 94.6 Å². The van der Waals surface area contributed by atoms with Crippen LogP contribution in [-0.2, 0) is 71.9 Å². The second-order valence-corrected chi connectivity index (χ2v) is 24.3. The maximum Gasteiger partial charge on any atom is 0.325 e. The minimum Gasteiger partial charge on any atom is -0.480 e. The molecule has 0 aromatic heterocycles. The molecule has 0 saturated heterocycles. The highest BCUT2D eigenvalue weighted by Gasteiger charge is 2.36. The second-order valence-electron chi connectivity index (χ2n) is 24.3. The molecular weight excluding hydrogens is 1210 g/mol. The van der Waals surface area contributed by atoms with Crippen molar-refractivity contribution in [1.82, 2.24) is 63.8 Å². The molecule has 0 aromatic carbocycles. The summed E-state index contributed by atoms with van der Waals surface area (Å²) in [5.74, 6) is -15.5. The van der Waals surface area contributed by atoms with Gasteiger partial charge >= 0.3 is 5.97 Å². The van der Waals surface area contributed by atoms with Crippen LogP contribution in [0, 0.1) is 29.6 Å². The van der Waals surface area contributed by atoms with Crippen molar-refractivity contribution < 1.29 is 82.1 Å². The van der Waals surface area contributed by atoms with Gasteiger partial charge in [0.2, 0.25) is 82.7 Å². The summed E-state index contributed by atoms with van der Waals surface area (Å²) in [6.07, 6.45) is -1.35. The summed E-state index contributed by atoms with van der Waals surface area (Å²) >= 11 is 0. The van der Waals surface area contributed by atoms with Gasteiger partial charge in [0.25, 0.3) is 0 Å². The number of nitrogens with two attached hydrogens (primary N) is 5. The van der Waals surface area contributed by atoms with Crippen LogP contribution in [0.3, 0.4) is 0 Å². The number of carbonyl (C=O) groups is 15. The molecule has 0 aliphatic heterocycles. The molecule has 0 aromatic rings. The largest absolute Gasteiger partial charge is 0.480 e. The smallest absolute Gasteiger partial charge is 0.325 e. The van der Waals surface area contributed by atoms with E-state index in [-0.39, 0.29) is 87.5 Å². The first kappa shape index (κ1) is 83.2. The van der Waals surface area contributed by atoms with Crippen LogP contribution in [0.5, 0.6) is 0 Å². The van der Waals surface area contributed by atoms with Crippen molar-refractivity contribution in [2.45, 2.75) is 201 Å². The Bertz CT molecular complexity index is 2560. The molecule has 14 amide bonds. The zero-order valence-corrected chi connectivity index (χ0v) is 54.6. The Hall–Kier alpha value is -8.76. The Morgan fingerprint density at radius 3 is 1.07 bits per heavy atom. The molecule has 0 spiro atoms. The summed E-state index contributed by atoms with van der Waals surface area (Å²) in [5, 5.41) is 48.7. The molecule has 24 N–H and O–H groups in total. The van der Waals surface area contributed by atoms with Crippen LogP contribution in [0.2, 0.25) is 0 Å². The van der Waals surface area contributed by atoms with E-state index in [1.807, 2.05) is 0 Å². The second kappa shape index (κ2) is 43.1. The van der Waals surface area contributed by atoms with Gasteiger partial charge in [0.1, 0.15) is 60.4 Å². The van der Waals surface area contributed by atoms with E-state index in [1.54, 1.807) is 69.2 Å². The molecule has 35 heteroatoms. The Morgan fingerprint density at radius 2 is 0.717 bits per heavy atom. The third-order valence-corrected chi connectivity index (χ3v) is 13.4. The zero-order chi connectivity index (χ0) is 70.7. The van der Waals surface area contributed by atoms with Gasteiger partial charge in [-0.1, -0.05) is 69.2 Å². The van der Waals surface area contributed by atoms with Crippen molar-refractivity contribution in [3.63, 3.8) is 0 Å². The third-order valence-electron chi connectivity index (χ3n) is 13.4. The normalized spacial score (nSPS) is 14.4. The first-order valence-electron chi connectivity index (χ1n) is 30.5. The molecule has 0 aliphatic carbocycles. The van der Waals surface area contributed by atoms with E-state index in [2.05, 4.69) is 68.8 Å². The average Bonchev–Trinajstić information content (AvgIpc) is 1.02. The number of hydrogen-bond donors (Lipinski definition) is 19. The maximum absolute atomic E-state index is 14.4. The van der Waals surface area contributed by atoms with Gasteiger partial charge < -0.3 is 103 Å². The van der Waals surface area contributed by atoms with Gasteiger partial charge in [-0.2, -0.15) is 0 Å². The molecule has 0 unspecified atom stereocenters. The number of nitrogens with one attached hydrogen (secondary N) is 12. The minimum atomic E-state index is -1.72. The summed E-state index contributed by atoms with van der Waals surface area (Å²) in [7, 11) is 0. The van der Waals surface area contributed by atoms with Crippen LogP contribution in [0.1, 0.15) is 140 Å². The third kappa shape index (κ3) is 35.0. The Balaban J connectivity index is 6.67. The molecule has 0 rings (SSSR count). The highest BCUT2D eigenvalue weighted by atomic mass is 16.4. The van der Waals surface area contributed by atoms with E-state index in [0.29, 0.717) is 0 Å². The number of aliphatic hydroxyl groups excluding tert-OH is 1. The number of aliphatic imine (C=N–C) groups is 1. The molecule has 0 aliphatic rings. The van der Waals surface area contributed by atoms with Gasteiger partial charge in [0.15, 0.2) is 5.96 Å². The quantitative estimate of drug-likeness (QED) is 0.0153. The number of guanidine groups is 1. The van der Waals surface area contributed by atoms with Crippen LogP contribution in [0.25, 0.3) is 0 Å². The molecule has 10 atom stereocenters. The summed E-state index contributed by atoms with van der Waals surface area (Å²) < 4.78 is 0. The van der Waals surface area contributed by atoms with Gasteiger partial charge in [-0.3, -0.25) is 76.9 Å². The van der Waals surface area contributed by atoms with E-state index < -0.39 is 194 Å². The molecule has 35 nitrogen and oxygen atoms in total.